The molecule has 2 unspecified atom stereocenters. The van der Waals surface area contributed by atoms with E-state index in [0.29, 0.717) is 12.0 Å². The molecule has 1 aliphatic rings. The van der Waals surface area contributed by atoms with Gasteiger partial charge in [-0.2, -0.15) is 0 Å². The lowest BCUT2D eigenvalue weighted by atomic mass is 9.95. The van der Waals surface area contributed by atoms with Crippen LogP contribution in [0.3, 0.4) is 0 Å². The predicted molar refractivity (Wildman–Crippen MR) is 74.4 cm³/mol. The largest absolute Gasteiger partial charge is 0.340 e. The first-order valence-corrected chi connectivity index (χ1v) is 6.78. The zero-order valence-electron chi connectivity index (χ0n) is 11.8. The molecule has 2 rings (SSSR count). The number of benzene rings is 1. The minimum absolute atomic E-state index is 0.187. The lowest BCUT2D eigenvalue weighted by Gasteiger charge is -2.26. The summed E-state index contributed by atoms with van der Waals surface area (Å²) in [7, 11) is 0. The number of carbonyl (C=O) groups excluding carboxylic acids is 1. The van der Waals surface area contributed by atoms with Crippen LogP contribution >= 0.6 is 0 Å². The second kappa shape index (κ2) is 4.75. The van der Waals surface area contributed by atoms with Crippen LogP contribution in [0.5, 0.6) is 0 Å². The van der Waals surface area contributed by atoms with Gasteiger partial charge in [0.1, 0.15) is 0 Å². The fourth-order valence-corrected chi connectivity index (χ4v) is 2.83. The van der Waals surface area contributed by atoms with E-state index in [0.717, 1.165) is 6.54 Å². The standard InChI is InChI=1S/C16H23NO/c1-12(2)17(13(3)18)11-15-10-16(15,4)14-8-6-5-7-9-14/h5-9,12,15H,10-11H2,1-4H3. The monoisotopic (exact) mass is 245 g/mol. The molecule has 1 amide bonds. The van der Waals surface area contributed by atoms with Crippen molar-refractivity contribution in [2.24, 2.45) is 5.92 Å². The van der Waals surface area contributed by atoms with E-state index in [1.54, 1.807) is 6.92 Å². The average Bonchev–Trinajstić information content (AvgIpc) is 2.99. The summed E-state index contributed by atoms with van der Waals surface area (Å²) in [6, 6.07) is 11.0. The molecule has 1 aliphatic carbocycles. The van der Waals surface area contributed by atoms with Crippen LogP contribution in [0.4, 0.5) is 0 Å². The summed E-state index contributed by atoms with van der Waals surface area (Å²) in [5, 5.41) is 0. The van der Waals surface area contributed by atoms with Crippen LogP contribution in [0.2, 0.25) is 0 Å². The Morgan fingerprint density at radius 2 is 2.00 bits per heavy atom. The summed E-state index contributed by atoms with van der Waals surface area (Å²) in [5.74, 6) is 0.790. The van der Waals surface area contributed by atoms with Gasteiger partial charge in [-0.3, -0.25) is 4.79 Å². The van der Waals surface area contributed by atoms with Crippen LogP contribution in [0, 0.1) is 5.92 Å². The van der Waals surface area contributed by atoms with Crippen molar-refractivity contribution in [2.75, 3.05) is 6.54 Å². The topological polar surface area (TPSA) is 20.3 Å². The Hall–Kier alpha value is -1.31. The highest BCUT2D eigenvalue weighted by Gasteiger charge is 2.51. The Morgan fingerprint density at radius 1 is 1.39 bits per heavy atom. The Balaban J connectivity index is 2.05. The molecule has 2 heteroatoms. The highest BCUT2D eigenvalue weighted by molar-refractivity contribution is 5.73. The molecule has 1 fully saturated rings. The average molecular weight is 245 g/mol. The first-order chi connectivity index (χ1) is 8.45. The van der Waals surface area contributed by atoms with Crippen molar-refractivity contribution >= 4 is 5.91 Å². The molecule has 1 aromatic carbocycles. The molecule has 0 radical (unpaired) electrons. The smallest absolute Gasteiger partial charge is 0.219 e. The first kappa shape index (κ1) is 13.1. The molecule has 0 heterocycles. The van der Waals surface area contributed by atoms with E-state index in [2.05, 4.69) is 51.1 Å². The quantitative estimate of drug-likeness (QED) is 0.797. The van der Waals surface area contributed by atoms with E-state index in [1.165, 1.54) is 12.0 Å². The fraction of sp³-hybridized carbons (Fsp3) is 0.562. The third-order valence-corrected chi connectivity index (χ3v) is 4.29. The van der Waals surface area contributed by atoms with E-state index in [-0.39, 0.29) is 11.3 Å². The summed E-state index contributed by atoms with van der Waals surface area (Å²) >= 11 is 0. The summed E-state index contributed by atoms with van der Waals surface area (Å²) < 4.78 is 0. The third-order valence-electron chi connectivity index (χ3n) is 4.29. The van der Waals surface area contributed by atoms with Crippen molar-refractivity contribution in [3.63, 3.8) is 0 Å². The van der Waals surface area contributed by atoms with Gasteiger partial charge in [-0.1, -0.05) is 37.3 Å². The Labute approximate surface area is 110 Å². The van der Waals surface area contributed by atoms with Crippen molar-refractivity contribution in [1.29, 1.82) is 0 Å². The molecule has 2 nitrogen and oxygen atoms in total. The van der Waals surface area contributed by atoms with E-state index in [1.807, 2.05) is 4.90 Å². The molecule has 0 bridgehead atoms. The SMILES string of the molecule is CC(=O)N(CC1CC1(C)c1ccccc1)C(C)C. The summed E-state index contributed by atoms with van der Waals surface area (Å²) in [4.78, 5) is 13.6. The molecule has 18 heavy (non-hydrogen) atoms. The number of nitrogens with zero attached hydrogens (tertiary/aromatic N) is 1. The molecule has 98 valence electrons. The van der Waals surface area contributed by atoms with Gasteiger partial charge in [0.25, 0.3) is 0 Å². The van der Waals surface area contributed by atoms with E-state index >= 15 is 0 Å². The summed E-state index contributed by atoms with van der Waals surface area (Å²) in [6.07, 6.45) is 1.19. The second-order valence-corrected chi connectivity index (χ2v) is 5.95. The van der Waals surface area contributed by atoms with Gasteiger partial charge in [-0.15, -0.1) is 0 Å². The van der Waals surface area contributed by atoms with Gasteiger partial charge >= 0.3 is 0 Å². The maximum atomic E-state index is 11.6. The van der Waals surface area contributed by atoms with Crippen molar-refractivity contribution in [2.45, 2.75) is 45.6 Å². The Kier molecular flexibility index (Phi) is 3.47. The number of carbonyl (C=O) groups is 1. The summed E-state index contributed by atoms with van der Waals surface area (Å²) in [5.41, 5.74) is 1.67. The van der Waals surface area contributed by atoms with Crippen LogP contribution in [0.15, 0.2) is 30.3 Å². The van der Waals surface area contributed by atoms with Gasteiger partial charge in [0.2, 0.25) is 5.91 Å². The zero-order chi connectivity index (χ0) is 13.3. The highest BCUT2D eigenvalue weighted by Crippen LogP contribution is 2.54. The van der Waals surface area contributed by atoms with Crippen molar-refractivity contribution in [1.82, 2.24) is 4.90 Å². The van der Waals surface area contributed by atoms with Gasteiger partial charge < -0.3 is 4.90 Å². The molecular formula is C16H23NO. The molecule has 0 aromatic heterocycles. The van der Waals surface area contributed by atoms with Gasteiger partial charge in [0.15, 0.2) is 0 Å². The fourth-order valence-electron chi connectivity index (χ4n) is 2.83. The molecular weight excluding hydrogens is 222 g/mol. The summed E-state index contributed by atoms with van der Waals surface area (Å²) in [6.45, 7) is 9.04. The lowest BCUT2D eigenvalue weighted by Crippen LogP contribution is -2.37. The lowest BCUT2D eigenvalue weighted by molar-refractivity contribution is -0.130. The van der Waals surface area contributed by atoms with Crippen LogP contribution in [0.25, 0.3) is 0 Å². The molecule has 1 aromatic rings. The van der Waals surface area contributed by atoms with E-state index < -0.39 is 0 Å². The van der Waals surface area contributed by atoms with E-state index in [9.17, 15) is 4.79 Å². The predicted octanol–water partition coefficient (Wildman–Crippen LogP) is 3.22. The van der Waals surface area contributed by atoms with Crippen LogP contribution in [0.1, 0.15) is 39.7 Å². The second-order valence-electron chi connectivity index (χ2n) is 5.95. The minimum atomic E-state index is 0.187. The molecule has 0 spiro atoms. The number of rotatable bonds is 4. The molecule has 0 N–H and O–H groups in total. The zero-order valence-corrected chi connectivity index (χ0v) is 11.8. The van der Waals surface area contributed by atoms with Crippen LogP contribution in [-0.4, -0.2) is 23.4 Å². The van der Waals surface area contributed by atoms with Gasteiger partial charge in [0, 0.05) is 19.5 Å². The van der Waals surface area contributed by atoms with Crippen molar-refractivity contribution < 1.29 is 4.79 Å². The van der Waals surface area contributed by atoms with Crippen LogP contribution < -0.4 is 0 Å². The number of hydrogen-bond donors (Lipinski definition) is 0. The number of amides is 1. The normalized spacial score (nSPS) is 26.2. The molecule has 0 saturated heterocycles. The molecule has 2 atom stereocenters. The molecule has 1 saturated carbocycles. The number of hydrogen-bond acceptors (Lipinski definition) is 1. The minimum Gasteiger partial charge on any atom is -0.340 e. The Bertz CT molecular complexity index is 426. The van der Waals surface area contributed by atoms with E-state index in [4.69, 9.17) is 0 Å². The maximum absolute atomic E-state index is 11.6. The third kappa shape index (κ3) is 2.43. The Morgan fingerprint density at radius 3 is 2.50 bits per heavy atom. The molecule has 0 aliphatic heterocycles. The maximum Gasteiger partial charge on any atom is 0.219 e. The van der Waals surface area contributed by atoms with Crippen LogP contribution in [-0.2, 0) is 10.2 Å². The van der Waals surface area contributed by atoms with Crippen molar-refractivity contribution in [3.8, 4) is 0 Å². The highest BCUT2D eigenvalue weighted by atomic mass is 16.2. The first-order valence-electron chi connectivity index (χ1n) is 6.78. The van der Waals surface area contributed by atoms with Crippen molar-refractivity contribution in [3.05, 3.63) is 35.9 Å². The van der Waals surface area contributed by atoms with Gasteiger partial charge in [-0.25, -0.2) is 0 Å². The van der Waals surface area contributed by atoms with Gasteiger partial charge in [0.05, 0.1) is 0 Å². The van der Waals surface area contributed by atoms with Gasteiger partial charge in [-0.05, 0) is 37.2 Å².